The largest absolute Gasteiger partial charge is 0.309 e. The molecule has 0 bridgehead atoms. The molecule has 0 saturated heterocycles. The number of para-hydroxylation sites is 1. The zero-order valence-electron chi connectivity index (χ0n) is 34.9. The summed E-state index contributed by atoms with van der Waals surface area (Å²) in [4.78, 5) is 15.5. The van der Waals surface area contributed by atoms with Gasteiger partial charge >= 0.3 is 0 Å². The fourth-order valence-corrected chi connectivity index (χ4v) is 14.5. The van der Waals surface area contributed by atoms with Gasteiger partial charge in [-0.25, -0.2) is 0 Å². The van der Waals surface area contributed by atoms with Gasteiger partial charge in [-0.3, -0.25) is 9.97 Å². The van der Waals surface area contributed by atoms with E-state index in [-0.39, 0.29) is 0 Å². The summed E-state index contributed by atoms with van der Waals surface area (Å²) in [6, 6.07) is 74.7. The maximum atomic E-state index is 5.47. The van der Waals surface area contributed by atoms with Crippen molar-refractivity contribution >= 4 is 60.3 Å². The molecule has 0 N–H and O–H groups in total. The number of aromatic nitrogens is 2. The smallest absolute Gasteiger partial charge is 0.0939 e. The van der Waals surface area contributed by atoms with Crippen molar-refractivity contribution in [2.75, 3.05) is 4.90 Å². The zero-order valence-corrected chi connectivity index (χ0v) is 36.5. The molecule has 302 valence electrons. The molecule has 4 heterocycles. The van der Waals surface area contributed by atoms with E-state index in [9.17, 15) is 0 Å². The molecule has 0 saturated carbocycles. The average Bonchev–Trinajstić information content (AvgIpc) is 4.06. The van der Waals surface area contributed by atoms with Crippen molar-refractivity contribution in [3.8, 4) is 33.6 Å². The normalized spacial score (nSPS) is 16.1. The van der Waals surface area contributed by atoms with Crippen molar-refractivity contribution in [3.63, 3.8) is 0 Å². The zero-order chi connectivity index (χ0) is 42.4. The summed E-state index contributed by atoms with van der Waals surface area (Å²) >= 11 is 3.75. The van der Waals surface area contributed by atoms with Gasteiger partial charge in [-0.2, -0.15) is 0 Å². The number of benzene rings is 8. The van der Waals surface area contributed by atoms with Gasteiger partial charge in [0.05, 0.1) is 34.1 Å². The SMILES string of the molecule is c1ccc(N(c2cnc3c(c2)C2(c4ccccc4Sc4cc5c(cc42)-c2ccccc2C52c4ccccc4-c4ccccc42)c2cccnc2-3)c2ccc3c(c2)sc2ccccc23)cc1. The molecule has 5 heteroatoms. The highest BCUT2D eigenvalue weighted by Gasteiger charge is 2.56. The summed E-state index contributed by atoms with van der Waals surface area (Å²) in [6.45, 7) is 0. The van der Waals surface area contributed by atoms with Crippen LogP contribution in [0.2, 0.25) is 0 Å². The molecule has 1 unspecified atom stereocenters. The second-order valence-corrected chi connectivity index (χ2v) is 19.7. The van der Waals surface area contributed by atoms with Crippen molar-refractivity contribution < 1.29 is 0 Å². The average molecular weight is 862 g/mol. The first-order valence-electron chi connectivity index (χ1n) is 22.2. The minimum absolute atomic E-state index is 0.438. The maximum absolute atomic E-state index is 5.47. The highest BCUT2D eigenvalue weighted by molar-refractivity contribution is 7.99. The maximum Gasteiger partial charge on any atom is 0.0939 e. The van der Waals surface area contributed by atoms with Crippen LogP contribution < -0.4 is 4.90 Å². The van der Waals surface area contributed by atoms with Gasteiger partial charge in [-0.15, -0.1) is 11.3 Å². The number of anilines is 3. The molecule has 3 aliphatic carbocycles. The molecule has 8 aromatic carbocycles. The summed E-state index contributed by atoms with van der Waals surface area (Å²) in [5.74, 6) is 0. The second kappa shape index (κ2) is 13.0. The van der Waals surface area contributed by atoms with E-state index < -0.39 is 10.8 Å². The lowest BCUT2D eigenvalue weighted by atomic mass is 9.66. The highest BCUT2D eigenvalue weighted by atomic mass is 32.2. The van der Waals surface area contributed by atoms with Crippen LogP contribution in [0.15, 0.2) is 222 Å². The Morgan fingerprint density at radius 3 is 1.75 bits per heavy atom. The van der Waals surface area contributed by atoms with Crippen molar-refractivity contribution in [2.45, 2.75) is 20.6 Å². The Labute approximate surface area is 384 Å². The molecule has 2 spiro atoms. The van der Waals surface area contributed by atoms with Gasteiger partial charge in [0, 0.05) is 53.1 Å². The molecule has 4 aliphatic rings. The first-order valence-corrected chi connectivity index (χ1v) is 23.8. The predicted octanol–water partition coefficient (Wildman–Crippen LogP) is 15.5. The third-order valence-corrected chi connectivity index (χ3v) is 16.9. The van der Waals surface area contributed by atoms with Crippen LogP contribution in [0.3, 0.4) is 0 Å². The fourth-order valence-electron chi connectivity index (χ4n) is 12.2. The van der Waals surface area contributed by atoms with Crippen LogP contribution in [-0.2, 0) is 10.8 Å². The van der Waals surface area contributed by atoms with E-state index in [0.717, 1.165) is 34.0 Å². The van der Waals surface area contributed by atoms with Gasteiger partial charge in [0.15, 0.2) is 0 Å². The standard InChI is InChI=1S/C60H35N3S2/c1-2-15-36(16-3-1)63(37-28-29-43-42-20-7-12-26-53(42)64-55(43)32-37)38-31-52-58(62-35-38)57-49(25-14-30-61-57)60(52)48-24-11-13-27-54(48)65-56-34-50-44(33-51(56)60)41-19-6-10-23-47(41)59(50)45-21-8-4-17-39(45)40-18-5-9-22-46(40)59/h1-35H. The molecule has 11 aromatic rings. The summed E-state index contributed by atoms with van der Waals surface area (Å²) in [7, 11) is 0. The molecule has 0 amide bonds. The van der Waals surface area contributed by atoms with Gasteiger partial charge in [-0.05, 0) is 122 Å². The molecule has 65 heavy (non-hydrogen) atoms. The first-order chi connectivity index (χ1) is 32.2. The third kappa shape index (κ3) is 4.51. The van der Waals surface area contributed by atoms with Crippen LogP contribution in [-0.4, -0.2) is 9.97 Å². The Bertz CT molecular complexity index is 3810. The highest BCUT2D eigenvalue weighted by Crippen LogP contribution is 2.67. The number of nitrogens with zero attached hydrogens (tertiary/aromatic N) is 3. The number of hydrogen-bond acceptors (Lipinski definition) is 5. The quantitative estimate of drug-likeness (QED) is 0.177. The number of thiophene rings is 1. The summed E-state index contributed by atoms with van der Waals surface area (Å²) in [5, 5.41) is 2.58. The van der Waals surface area contributed by atoms with Crippen molar-refractivity contribution in [1.29, 1.82) is 0 Å². The molecule has 3 aromatic heterocycles. The van der Waals surface area contributed by atoms with Crippen LogP contribution in [0.4, 0.5) is 17.1 Å². The van der Waals surface area contributed by atoms with E-state index in [2.05, 4.69) is 211 Å². The van der Waals surface area contributed by atoms with E-state index in [4.69, 9.17) is 9.97 Å². The Hall–Kier alpha value is -7.57. The van der Waals surface area contributed by atoms with Crippen LogP contribution in [0.5, 0.6) is 0 Å². The van der Waals surface area contributed by atoms with Gasteiger partial charge in [0.25, 0.3) is 0 Å². The van der Waals surface area contributed by atoms with Gasteiger partial charge in [0.1, 0.15) is 0 Å². The lowest BCUT2D eigenvalue weighted by molar-refractivity contribution is 0.714. The molecule has 3 nitrogen and oxygen atoms in total. The lowest BCUT2D eigenvalue weighted by Gasteiger charge is -2.40. The number of fused-ring (bicyclic) bond motifs is 22. The Morgan fingerprint density at radius 2 is 0.969 bits per heavy atom. The third-order valence-electron chi connectivity index (χ3n) is 14.6. The van der Waals surface area contributed by atoms with E-state index in [1.807, 2.05) is 29.3 Å². The monoisotopic (exact) mass is 861 g/mol. The molecule has 15 rings (SSSR count). The number of pyridine rings is 2. The summed E-state index contributed by atoms with van der Waals surface area (Å²) < 4.78 is 2.56. The van der Waals surface area contributed by atoms with E-state index in [1.54, 1.807) is 0 Å². The fraction of sp³-hybridized carbons (Fsp3) is 0.0333. The number of rotatable bonds is 3. The van der Waals surface area contributed by atoms with E-state index >= 15 is 0 Å². The lowest BCUT2D eigenvalue weighted by Crippen LogP contribution is -2.33. The molecule has 0 radical (unpaired) electrons. The predicted molar refractivity (Wildman–Crippen MR) is 267 cm³/mol. The minimum Gasteiger partial charge on any atom is -0.309 e. The molecule has 0 fully saturated rings. The van der Waals surface area contributed by atoms with Crippen molar-refractivity contribution in [2.24, 2.45) is 0 Å². The Morgan fingerprint density at radius 1 is 0.354 bits per heavy atom. The molecular weight excluding hydrogens is 827 g/mol. The van der Waals surface area contributed by atoms with Crippen LogP contribution >= 0.6 is 23.1 Å². The van der Waals surface area contributed by atoms with Crippen LogP contribution in [0.1, 0.15) is 44.5 Å². The van der Waals surface area contributed by atoms with Gasteiger partial charge in [-0.1, -0.05) is 151 Å². The van der Waals surface area contributed by atoms with E-state index in [1.165, 1.54) is 91.2 Å². The van der Waals surface area contributed by atoms with Crippen LogP contribution in [0.25, 0.3) is 53.8 Å². The summed E-state index contributed by atoms with van der Waals surface area (Å²) in [5.41, 5.74) is 19.4. The first kappa shape index (κ1) is 35.8. The molecule has 1 aliphatic heterocycles. The van der Waals surface area contributed by atoms with Gasteiger partial charge < -0.3 is 4.90 Å². The Balaban J connectivity index is 1.02. The van der Waals surface area contributed by atoms with Crippen molar-refractivity contribution in [3.05, 3.63) is 257 Å². The summed E-state index contributed by atoms with van der Waals surface area (Å²) in [6.07, 6.45) is 3.98. The minimum atomic E-state index is -0.692. The molecule has 1 atom stereocenters. The van der Waals surface area contributed by atoms with Crippen molar-refractivity contribution in [1.82, 2.24) is 9.97 Å². The Kier molecular flexibility index (Phi) is 7.18. The van der Waals surface area contributed by atoms with Gasteiger partial charge in [0.2, 0.25) is 0 Å². The van der Waals surface area contributed by atoms with Crippen LogP contribution in [0, 0.1) is 0 Å². The number of hydrogen-bond donors (Lipinski definition) is 0. The van der Waals surface area contributed by atoms with E-state index in [0.29, 0.717) is 0 Å². The second-order valence-electron chi connectivity index (χ2n) is 17.6. The topological polar surface area (TPSA) is 29.0 Å². The molecular formula is C60H35N3S2.